The molecule has 1 unspecified atom stereocenters. The third-order valence-electron chi connectivity index (χ3n) is 5.44. The highest BCUT2D eigenvalue weighted by molar-refractivity contribution is 7.89. The number of thiazole rings is 1. The van der Waals surface area contributed by atoms with Crippen molar-refractivity contribution in [2.75, 3.05) is 18.4 Å². The van der Waals surface area contributed by atoms with Crippen LogP contribution in [0.15, 0.2) is 47.4 Å². The van der Waals surface area contributed by atoms with Gasteiger partial charge in [-0.15, -0.1) is 0 Å². The topological polar surface area (TPSA) is 126 Å². The van der Waals surface area contributed by atoms with Gasteiger partial charge < -0.3 is 9.84 Å². The summed E-state index contributed by atoms with van der Waals surface area (Å²) in [7, 11) is -3.84. The highest BCUT2D eigenvalue weighted by Crippen LogP contribution is 2.32. The first-order chi connectivity index (χ1) is 17.5. The predicted molar refractivity (Wildman–Crippen MR) is 131 cm³/mol. The number of nitrogens with zero attached hydrogens (tertiary/aromatic N) is 2. The van der Waals surface area contributed by atoms with Crippen LogP contribution in [0.1, 0.15) is 30.2 Å². The molecule has 1 saturated heterocycles. The lowest BCUT2D eigenvalue weighted by Crippen LogP contribution is -2.29. The standard InChI is InChI=1S/C23H20ClF2N3O6S2/c24-21-17(12-19(30)31)27-23(36-21)28-22(32)20(35-18-7-6-14(25)11-16(18)26)13-4-3-5-15(10-13)37(33,34)29-8-1-2-9-29/h3-7,10-11,20H,1-2,8-9,12H2,(H,30,31)(H,27,28,32). The number of aliphatic carboxylic acids is 1. The number of carbonyl (C=O) groups is 2. The fraction of sp³-hybridized carbons (Fsp3) is 0.261. The molecular formula is C23H20ClF2N3O6S2. The summed E-state index contributed by atoms with van der Waals surface area (Å²) in [4.78, 5) is 28.2. The Hall–Kier alpha value is -3.13. The molecule has 1 aliphatic heterocycles. The van der Waals surface area contributed by atoms with Gasteiger partial charge in [-0.1, -0.05) is 35.1 Å². The van der Waals surface area contributed by atoms with Gasteiger partial charge in [-0.3, -0.25) is 14.9 Å². The van der Waals surface area contributed by atoms with Crippen LogP contribution in [0.4, 0.5) is 13.9 Å². The predicted octanol–water partition coefficient (Wildman–Crippen LogP) is 4.25. The zero-order valence-electron chi connectivity index (χ0n) is 19.0. The molecule has 37 heavy (non-hydrogen) atoms. The lowest BCUT2D eigenvalue weighted by Gasteiger charge is -2.21. The van der Waals surface area contributed by atoms with Gasteiger partial charge in [0.05, 0.1) is 17.0 Å². The number of carbonyl (C=O) groups excluding carboxylic acids is 1. The molecule has 0 spiro atoms. The third-order valence-corrected chi connectivity index (χ3v) is 8.58. The molecule has 1 atom stereocenters. The Labute approximate surface area is 219 Å². The smallest absolute Gasteiger partial charge is 0.309 e. The van der Waals surface area contributed by atoms with Gasteiger partial charge in [0.25, 0.3) is 5.91 Å². The second kappa shape index (κ2) is 11.1. The molecule has 1 aromatic heterocycles. The van der Waals surface area contributed by atoms with Crippen LogP contribution in [-0.4, -0.2) is 47.8 Å². The summed E-state index contributed by atoms with van der Waals surface area (Å²) in [6.07, 6.45) is -0.587. The number of nitrogens with one attached hydrogen (secondary N) is 1. The third kappa shape index (κ3) is 6.24. The maximum absolute atomic E-state index is 14.4. The number of hydrogen-bond acceptors (Lipinski definition) is 7. The number of carboxylic acids is 1. The number of benzene rings is 2. The van der Waals surface area contributed by atoms with E-state index in [9.17, 15) is 26.8 Å². The Balaban J connectivity index is 1.68. The molecule has 14 heteroatoms. The van der Waals surface area contributed by atoms with Gasteiger partial charge in [-0.2, -0.15) is 4.31 Å². The molecule has 1 fully saturated rings. The summed E-state index contributed by atoms with van der Waals surface area (Å²) >= 11 is 6.83. The molecule has 0 saturated carbocycles. The van der Waals surface area contributed by atoms with Crippen LogP contribution in [0.2, 0.25) is 4.34 Å². The average Bonchev–Trinajstić information content (AvgIpc) is 3.49. The Morgan fingerprint density at radius 2 is 1.92 bits per heavy atom. The van der Waals surface area contributed by atoms with E-state index in [0.717, 1.165) is 36.3 Å². The number of rotatable bonds is 9. The quantitative estimate of drug-likeness (QED) is 0.393. The van der Waals surface area contributed by atoms with E-state index in [1.807, 2.05) is 0 Å². The fourth-order valence-corrected chi connectivity index (χ4v) is 6.31. The van der Waals surface area contributed by atoms with Gasteiger partial charge in [-0.05, 0) is 37.1 Å². The molecular weight excluding hydrogens is 552 g/mol. The number of amides is 1. The maximum Gasteiger partial charge on any atom is 0.309 e. The van der Waals surface area contributed by atoms with Crippen LogP contribution >= 0.6 is 22.9 Å². The van der Waals surface area contributed by atoms with Crippen molar-refractivity contribution in [3.8, 4) is 5.75 Å². The van der Waals surface area contributed by atoms with Crippen LogP contribution in [0.5, 0.6) is 5.75 Å². The Morgan fingerprint density at radius 3 is 2.59 bits per heavy atom. The molecule has 2 heterocycles. The summed E-state index contributed by atoms with van der Waals surface area (Å²) in [5, 5.41) is 11.4. The lowest BCUT2D eigenvalue weighted by atomic mass is 10.1. The molecule has 1 amide bonds. The Kier molecular flexibility index (Phi) is 8.07. The molecule has 2 aromatic carbocycles. The van der Waals surface area contributed by atoms with Crippen molar-refractivity contribution in [1.29, 1.82) is 0 Å². The molecule has 3 aromatic rings. The summed E-state index contributed by atoms with van der Waals surface area (Å²) in [5.41, 5.74) is 0.116. The van der Waals surface area contributed by atoms with Gasteiger partial charge in [0.1, 0.15) is 10.2 Å². The minimum absolute atomic E-state index is 0.0372. The number of anilines is 1. The first kappa shape index (κ1) is 26.9. The van der Waals surface area contributed by atoms with Crippen LogP contribution in [0.25, 0.3) is 0 Å². The van der Waals surface area contributed by atoms with E-state index in [0.29, 0.717) is 19.2 Å². The first-order valence-corrected chi connectivity index (χ1v) is 13.6. The van der Waals surface area contributed by atoms with E-state index in [2.05, 4.69) is 10.3 Å². The van der Waals surface area contributed by atoms with Crippen LogP contribution in [-0.2, 0) is 26.0 Å². The largest absolute Gasteiger partial charge is 0.481 e. The second-order valence-electron chi connectivity index (χ2n) is 8.06. The minimum atomic E-state index is -3.84. The van der Waals surface area contributed by atoms with Gasteiger partial charge in [-0.25, -0.2) is 22.2 Å². The van der Waals surface area contributed by atoms with Crippen molar-refractivity contribution < 1.29 is 36.6 Å². The first-order valence-electron chi connectivity index (χ1n) is 10.9. The lowest BCUT2D eigenvalue weighted by molar-refractivity contribution is -0.136. The Morgan fingerprint density at radius 1 is 1.19 bits per heavy atom. The Bertz CT molecular complexity index is 1440. The number of sulfonamides is 1. The molecule has 0 radical (unpaired) electrons. The average molecular weight is 572 g/mol. The van der Waals surface area contributed by atoms with E-state index in [1.54, 1.807) is 0 Å². The van der Waals surface area contributed by atoms with E-state index in [-0.39, 0.29) is 25.6 Å². The number of ether oxygens (including phenoxy) is 1. The zero-order valence-corrected chi connectivity index (χ0v) is 21.4. The van der Waals surface area contributed by atoms with Crippen LogP contribution in [0.3, 0.4) is 0 Å². The van der Waals surface area contributed by atoms with Crippen molar-refractivity contribution >= 4 is 50.0 Å². The van der Waals surface area contributed by atoms with Crippen LogP contribution < -0.4 is 10.1 Å². The second-order valence-corrected chi connectivity index (χ2v) is 11.6. The van der Waals surface area contributed by atoms with E-state index in [4.69, 9.17) is 21.4 Å². The van der Waals surface area contributed by atoms with Crippen molar-refractivity contribution in [3.63, 3.8) is 0 Å². The van der Waals surface area contributed by atoms with Crippen molar-refractivity contribution in [1.82, 2.24) is 9.29 Å². The number of hydrogen-bond donors (Lipinski definition) is 2. The number of carboxylic acid groups (broad SMARTS) is 1. The maximum atomic E-state index is 14.4. The van der Waals surface area contributed by atoms with E-state index >= 15 is 0 Å². The minimum Gasteiger partial charge on any atom is -0.481 e. The van der Waals surface area contributed by atoms with Gasteiger partial charge >= 0.3 is 5.97 Å². The number of aromatic nitrogens is 1. The molecule has 0 bridgehead atoms. The fourth-order valence-electron chi connectivity index (χ4n) is 3.70. The monoisotopic (exact) mass is 571 g/mol. The van der Waals surface area contributed by atoms with Crippen molar-refractivity contribution in [2.24, 2.45) is 0 Å². The molecule has 0 aliphatic carbocycles. The van der Waals surface area contributed by atoms with Gasteiger partial charge in [0.15, 0.2) is 16.7 Å². The molecule has 9 nitrogen and oxygen atoms in total. The molecule has 2 N–H and O–H groups in total. The van der Waals surface area contributed by atoms with E-state index in [1.165, 1.54) is 28.6 Å². The van der Waals surface area contributed by atoms with Crippen LogP contribution in [0, 0.1) is 11.6 Å². The zero-order chi connectivity index (χ0) is 26.7. The van der Waals surface area contributed by atoms with Crippen molar-refractivity contribution in [2.45, 2.75) is 30.3 Å². The molecule has 196 valence electrons. The summed E-state index contributed by atoms with van der Waals surface area (Å²) < 4.78 is 60.9. The highest BCUT2D eigenvalue weighted by Gasteiger charge is 2.30. The van der Waals surface area contributed by atoms with E-state index < -0.39 is 51.8 Å². The summed E-state index contributed by atoms with van der Waals surface area (Å²) in [5.74, 6) is -4.41. The number of halogens is 3. The normalized spacial score (nSPS) is 14.9. The SMILES string of the molecule is O=C(O)Cc1nc(NC(=O)C(Oc2ccc(F)cc2F)c2cccc(S(=O)(=O)N3CCCC3)c2)sc1Cl. The van der Waals surface area contributed by atoms with Gasteiger partial charge in [0, 0.05) is 24.7 Å². The summed E-state index contributed by atoms with van der Waals surface area (Å²) in [6.45, 7) is 0.745. The molecule has 1 aliphatic rings. The highest BCUT2D eigenvalue weighted by atomic mass is 35.5. The summed E-state index contributed by atoms with van der Waals surface area (Å²) in [6, 6.07) is 8.01. The van der Waals surface area contributed by atoms with Gasteiger partial charge in [0.2, 0.25) is 16.1 Å². The van der Waals surface area contributed by atoms with Crippen molar-refractivity contribution in [3.05, 3.63) is 69.7 Å². The molecule has 4 rings (SSSR count).